The highest BCUT2D eigenvalue weighted by molar-refractivity contribution is 9.10. The zero-order valence-corrected chi connectivity index (χ0v) is 20.5. The molecular formula is C24H16BrCl2NO3S. The summed E-state index contributed by atoms with van der Waals surface area (Å²) in [4.78, 5) is 27.0. The fraction of sp³-hybridized carbons (Fsp3) is 0.0833. The van der Waals surface area contributed by atoms with Crippen LogP contribution in [0.3, 0.4) is 0 Å². The predicted molar refractivity (Wildman–Crippen MR) is 133 cm³/mol. The molecule has 0 atom stereocenters. The second-order valence-electron chi connectivity index (χ2n) is 7.00. The van der Waals surface area contributed by atoms with Crippen molar-refractivity contribution in [2.24, 2.45) is 0 Å². The number of rotatable bonds is 6. The van der Waals surface area contributed by atoms with Gasteiger partial charge in [0.15, 0.2) is 0 Å². The summed E-state index contributed by atoms with van der Waals surface area (Å²) in [6.45, 7) is 0.511. The van der Waals surface area contributed by atoms with Gasteiger partial charge in [-0.2, -0.15) is 0 Å². The van der Waals surface area contributed by atoms with Crippen LogP contribution in [0.5, 0.6) is 5.75 Å². The number of amides is 2. The van der Waals surface area contributed by atoms with Crippen LogP contribution in [0, 0.1) is 0 Å². The van der Waals surface area contributed by atoms with Crippen LogP contribution in [0.25, 0.3) is 6.08 Å². The molecule has 0 unspecified atom stereocenters. The zero-order chi connectivity index (χ0) is 22.7. The zero-order valence-electron chi connectivity index (χ0n) is 16.6. The summed E-state index contributed by atoms with van der Waals surface area (Å²) in [5.74, 6) is 0.206. The minimum absolute atomic E-state index is 0.211. The van der Waals surface area contributed by atoms with Crippen molar-refractivity contribution in [2.45, 2.75) is 13.2 Å². The lowest BCUT2D eigenvalue weighted by Gasteiger charge is -2.13. The number of halogens is 3. The van der Waals surface area contributed by atoms with E-state index in [0.717, 1.165) is 27.4 Å². The molecule has 0 aliphatic carbocycles. The molecule has 0 spiro atoms. The number of thioether (sulfide) groups is 1. The number of imide groups is 1. The van der Waals surface area contributed by atoms with E-state index in [-0.39, 0.29) is 17.7 Å². The normalized spacial score (nSPS) is 15.0. The molecule has 1 fully saturated rings. The van der Waals surface area contributed by atoms with Crippen LogP contribution in [0.2, 0.25) is 10.0 Å². The van der Waals surface area contributed by atoms with Gasteiger partial charge in [-0.3, -0.25) is 14.5 Å². The first kappa shape index (κ1) is 22.9. The fourth-order valence-electron chi connectivity index (χ4n) is 3.10. The Morgan fingerprint density at radius 1 is 0.938 bits per heavy atom. The molecule has 3 aromatic rings. The summed E-state index contributed by atoms with van der Waals surface area (Å²) < 4.78 is 6.89. The van der Waals surface area contributed by atoms with E-state index in [1.54, 1.807) is 30.3 Å². The molecule has 1 aliphatic rings. The summed E-state index contributed by atoms with van der Waals surface area (Å²) >= 11 is 16.5. The van der Waals surface area contributed by atoms with Crippen LogP contribution in [0.4, 0.5) is 4.79 Å². The smallest absolute Gasteiger partial charge is 0.293 e. The summed E-state index contributed by atoms with van der Waals surface area (Å²) in [5, 5.41) is 0.815. The van der Waals surface area contributed by atoms with Crippen molar-refractivity contribution in [1.82, 2.24) is 4.90 Å². The van der Waals surface area contributed by atoms with Crippen molar-refractivity contribution in [3.63, 3.8) is 0 Å². The van der Waals surface area contributed by atoms with Crippen molar-refractivity contribution >= 4 is 68.1 Å². The van der Waals surface area contributed by atoms with Crippen molar-refractivity contribution < 1.29 is 14.3 Å². The third-order valence-corrected chi connectivity index (χ3v) is 6.58. The van der Waals surface area contributed by atoms with E-state index in [0.29, 0.717) is 32.9 Å². The minimum atomic E-state index is -0.344. The highest BCUT2D eigenvalue weighted by Gasteiger charge is 2.35. The van der Waals surface area contributed by atoms with Gasteiger partial charge >= 0.3 is 0 Å². The molecule has 1 saturated heterocycles. The number of carbonyl (C=O) groups is 2. The Bertz CT molecular complexity index is 1210. The molecular weight excluding hydrogens is 533 g/mol. The van der Waals surface area contributed by atoms with Crippen molar-refractivity contribution in [3.8, 4) is 5.75 Å². The van der Waals surface area contributed by atoms with Crippen LogP contribution in [0.15, 0.2) is 76.1 Å². The predicted octanol–water partition coefficient (Wildman–Crippen LogP) is 7.57. The lowest BCUT2D eigenvalue weighted by Crippen LogP contribution is -2.27. The van der Waals surface area contributed by atoms with Crippen molar-refractivity contribution in [3.05, 3.63) is 103 Å². The van der Waals surface area contributed by atoms with Crippen LogP contribution >= 0.6 is 50.9 Å². The van der Waals surface area contributed by atoms with E-state index in [9.17, 15) is 9.59 Å². The molecule has 32 heavy (non-hydrogen) atoms. The topological polar surface area (TPSA) is 46.6 Å². The maximum absolute atomic E-state index is 12.9. The van der Waals surface area contributed by atoms with E-state index in [1.807, 2.05) is 42.5 Å². The van der Waals surface area contributed by atoms with Gasteiger partial charge in [0.05, 0.1) is 11.4 Å². The first-order valence-corrected chi connectivity index (χ1v) is 11.9. The molecule has 0 N–H and O–H groups in total. The van der Waals surface area contributed by atoms with Crippen LogP contribution in [-0.4, -0.2) is 16.0 Å². The Labute approximate surface area is 208 Å². The maximum Gasteiger partial charge on any atom is 0.293 e. The van der Waals surface area contributed by atoms with Crippen LogP contribution in [0.1, 0.15) is 16.7 Å². The Morgan fingerprint density at radius 2 is 1.69 bits per heavy atom. The maximum atomic E-state index is 12.9. The summed E-state index contributed by atoms with van der Waals surface area (Å²) in [5.41, 5.74) is 2.40. The average molecular weight is 549 g/mol. The number of nitrogens with zero attached hydrogens (tertiary/aromatic N) is 1. The fourth-order valence-corrected chi connectivity index (χ4v) is 4.59. The molecule has 0 bridgehead atoms. The molecule has 0 saturated carbocycles. The molecule has 162 valence electrons. The minimum Gasteiger partial charge on any atom is -0.488 e. The standard InChI is InChI=1S/C24H16BrCl2NO3S/c25-18-6-4-15(5-7-18)13-28-23(29)22(32-24(28)30)12-17-11-20(27)8-9-21(17)31-14-16-2-1-3-19(26)10-16/h1-12H,13-14H2/b22-12+. The molecule has 1 aliphatic heterocycles. The van der Waals surface area contributed by atoms with E-state index in [2.05, 4.69) is 15.9 Å². The Hall–Kier alpha value is -2.25. The molecule has 4 rings (SSSR count). The molecule has 1 heterocycles. The number of hydrogen-bond acceptors (Lipinski definition) is 4. The second-order valence-corrected chi connectivity index (χ2v) is 9.78. The Morgan fingerprint density at radius 3 is 2.44 bits per heavy atom. The molecule has 2 amide bonds. The highest BCUT2D eigenvalue weighted by Crippen LogP contribution is 2.36. The SMILES string of the molecule is O=C1S/C(=C/c2cc(Cl)ccc2OCc2cccc(Cl)c2)C(=O)N1Cc1ccc(Br)cc1. The second kappa shape index (κ2) is 10.1. The van der Waals surface area contributed by atoms with Gasteiger partial charge in [0.25, 0.3) is 11.1 Å². The average Bonchev–Trinajstić information content (AvgIpc) is 3.02. The lowest BCUT2D eigenvalue weighted by molar-refractivity contribution is -0.123. The molecule has 3 aromatic carbocycles. The Balaban J connectivity index is 1.55. The van der Waals surface area contributed by atoms with Gasteiger partial charge in [0.1, 0.15) is 12.4 Å². The summed E-state index contributed by atoms with van der Waals surface area (Å²) in [7, 11) is 0. The monoisotopic (exact) mass is 547 g/mol. The first-order valence-electron chi connectivity index (χ1n) is 9.55. The van der Waals surface area contributed by atoms with E-state index in [4.69, 9.17) is 27.9 Å². The third kappa shape index (κ3) is 5.56. The third-order valence-electron chi connectivity index (χ3n) is 4.67. The number of benzene rings is 3. The molecule has 0 radical (unpaired) electrons. The van der Waals surface area contributed by atoms with Crippen molar-refractivity contribution in [1.29, 1.82) is 0 Å². The highest BCUT2D eigenvalue weighted by atomic mass is 79.9. The van der Waals surface area contributed by atoms with E-state index < -0.39 is 0 Å². The van der Waals surface area contributed by atoms with Gasteiger partial charge < -0.3 is 4.74 Å². The van der Waals surface area contributed by atoms with Crippen LogP contribution in [-0.2, 0) is 17.9 Å². The number of ether oxygens (including phenoxy) is 1. The van der Waals surface area contributed by atoms with E-state index in [1.165, 1.54) is 4.90 Å². The van der Waals surface area contributed by atoms with Gasteiger partial charge in [-0.25, -0.2) is 0 Å². The van der Waals surface area contributed by atoms with Gasteiger partial charge in [-0.05, 0) is 71.4 Å². The molecule has 4 nitrogen and oxygen atoms in total. The summed E-state index contributed by atoms with van der Waals surface area (Å²) in [6.07, 6.45) is 1.64. The lowest BCUT2D eigenvalue weighted by atomic mass is 10.1. The number of carbonyl (C=O) groups excluding carboxylic acids is 2. The van der Waals surface area contributed by atoms with Crippen LogP contribution < -0.4 is 4.74 Å². The quantitative estimate of drug-likeness (QED) is 0.298. The summed E-state index contributed by atoms with van der Waals surface area (Å²) in [6, 6.07) is 20.0. The van der Waals surface area contributed by atoms with Gasteiger partial charge in [-0.1, -0.05) is 63.4 Å². The van der Waals surface area contributed by atoms with E-state index >= 15 is 0 Å². The Kier molecular flexibility index (Phi) is 7.26. The largest absolute Gasteiger partial charge is 0.488 e. The van der Waals surface area contributed by atoms with Gasteiger partial charge in [0.2, 0.25) is 0 Å². The molecule has 8 heteroatoms. The first-order chi connectivity index (χ1) is 15.4. The van der Waals surface area contributed by atoms with Crippen molar-refractivity contribution in [2.75, 3.05) is 0 Å². The van der Waals surface area contributed by atoms with Gasteiger partial charge in [0, 0.05) is 20.1 Å². The van der Waals surface area contributed by atoms with Gasteiger partial charge in [-0.15, -0.1) is 0 Å². The molecule has 0 aromatic heterocycles. The number of hydrogen-bond donors (Lipinski definition) is 0.